The molecule has 0 aliphatic rings. The molecule has 1 heterocycles. The summed E-state index contributed by atoms with van der Waals surface area (Å²) in [5.74, 6) is -0.272. The average Bonchev–Trinajstić information content (AvgIpc) is 2.38. The summed E-state index contributed by atoms with van der Waals surface area (Å²) in [5, 5.41) is 2.85. The van der Waals surface area contributed by atoms with E-state index in [-0.39, 0.29) is 23.7 Å². The van der Waals surface area contributed by atoms with Crippen LogP contribution in [0, 0.1) is 0 Å². The molecule has 1 aromatic heterocycles. The molecule has 1 rings (SSSR count). The number of aromatic nitrogens is 1. The number of nitrogens with one attached hydrogen (secondary N) is 1. The fraction of sp³-hybridized carbons (Fsp3) is 0.417. The Balaban J connectivity index is 2.71. The summed E-state index contributed by atoms with van der Waals surface area (Å²) >= 11 is 0. The lowest BCUT2D eigenvalue weighted by molar-refractivity contribution is -0.128. The van der Waals surface area contributed by atoms with Gasteiger partial charge in [0.05, 0.1) is 24.0 Å². The van der Waals surface area contributed by atoms with Gasteiger partial charge in [-0.1, -0.05) is 0 Å². The number of carbonyl (C=O) groups is 2. The monoisotopic (exact) mass is 265 g/mol. The first-order valence-electron chi connectivity index (χ1n) is 6.06. The number of hydrogen-bond donors (Lipinski definition) is 3. The zero-order valence-corrected chi connectivity index (χ0v) is 11.1. The number of carbonyl (C=O) groups excluding carboxylic acids is 2. The Kier molecular flexibility index (Phi) is 5.11. The average molecular weight is 265 g/mol. The summed E-state index contributed by atoms with van der Waals surface area (Å²) in [4.78, 5) is 28.6. The van der Waals surface area contributed by atoms with Crippen LogP contribution < -0.4 is 16.8 Å². The lowest BCUT2D eigenvalue weighted by Gasteiger charge is -2.19. The Bertz CT molecular complexity index is 471. The van der Waals surface area contributed by atoms with Crippen molar-refractivity contribution in [2.75, 3.05) is 30.7 Å². The lowest BCUT2D eigenvalue weighted by Crippen LogP contribution is -2.35. The number of nitrogens with zero attached hydrogens (tertiary/aromatic N) is 2. The van der Waals surface area contributed by atoms with Gasteiger partial charge in [-0.05, 0) is 19.9 Å². The van der Waals surface area contributed by atoms with Crippen molar-refractivity contribution in [2.45, 2.75) is 13.8 Å². The van der Waals surface area contributed by atoms with Crippen LogP contribution in [-0.4, -0.2) is 41.3 Å². The second-order valence-corrected chi connectivity index (χ2v) is 3.94. The number of rotatable bonds is 6. The molecule has 2 amide bonds. The van der Waals surface area contributed by atoms with Crippen LogP contribution in [0.2, 0.25) is 0 Å². The van der Waals surface area contributed by atoms with E-state index < -0.39 is 5.91 Å². The van der Waals surface area contributed by atoms with Crippen molar-refractivity contribution in [3.63, 3.8) is 0 Å². The number of amides is 2. The molecule has 0 atom stereocenters. The van der Waals surface area contributed by atoms with E-state index in [9.17, 15) is 9.59 Å². The normalized spacial score (nSPS) is 10.0. The highest BCUT2D eigenvalue weighted by Crippen LogP contribution is 2.13. The first kappa shape index (κ1) is 14.7. The number of pyridine rings is 1. The number of primary amides is 1. The van der Waals surface area contributed by atoms with Gasteiger partial charge >= 0.3 is 0 Å². The molecular weight excluding hydrogens is 246 g/mol. The van der Waals surface area contributed by atoms with Gasteiger partial charge in [-0.15, -0.1) is 0 Å². The van der Waals surface area contributed by atoms with Crippen molar-refractivity contribution in [1.29, 1.82) is 0 Å². The number of hydrogen-bond acceptors (Lipinski definition) is 5. The van der Waals surface area contributed by atoms with Gasteiger partial charge in [0.2, 0.25) is 5.91 Å². The Labute approximate surface area is 112 Å². The molecule has 0 saturated heterocycles. The minimum atomic E-state index is -0.627. The molecule has 0 radical (unpaired) electrons. The maximum Gasteiger partial charge on any atom is 0.250 e. The van der Waals surface area contributed by atoms with Gasteiger partial charge in [0.25, 0.3) is 5.91 Å². The third-order valence-corrected chi connectivity index (χ3v) is 2.74. The SMILES string of the molecule is CCN(CC)C(=O)CNc1cc(C(N)=O)c(N)cn1. The number of nitrogens with two attached hydrogens (primary N) is 2. The van der Waals surface area contributed by atoms with E-state index in [0.29, 0.717) is 18.9 Å². The van der Waals surface area contributed by atoms with Crippen molar-refractivity contribution in [3.8, 4) is 0 Å². The molecule has 7 heteroatoms. The molecule has 0 aromatic carbocycles. The molecule has 0 unspecified atom stereocenters. The zero-order valence-electron chi connectivity index (χ0n) is 11.1. The highest BCUT2D eigenvalue weighted by Gasteiger charge is 2.11. The van der Waals surface area contributed by atoms with Gasteiger partial charge in [0, 0.05) is 13.1 Å². The van der Waals surface area contributed by atoms with Crippen molar-refractivity contribution in [2.24, 2.45) is 5.73 Å². The predicted molar refractivity (Wildman–Crippen MR) is 73.6 cm³/mol. The van der Waals surface area contributed by atoms with Crippen LogP contribution in [0.1, 0.15) is 24.2 Å². The lowest BCUT2D eigenvalue weighted by atomic mass is 10.2. The van der Waals surface area contributed by atoms with Crippen molar-refractivity contribution in [1.82, 2.24) is 9.88 Å². The fourth-order valence-corrected chi connectivity index (χ4v) is 1.63. The summed E-state index contributed by atoms with van der Waals surface area (Å²) in [6.45, 7) is 5.23. The first-order chi connectivity index (χ1) is 8.99. The van der Waals surface area contributed by atoms with Gasteiger partial charge in [-0.2, -0.15) is 0 Å². The fourth-order valence-electron chi connectivity index (χ4n) is 1.63. The number of nitrogen functional groups attached to an aromatic ring is 1. The van der Waals surface area contributed by atoms with Crippen molar-refractivity contribution in [3.05, 3.63) is 17.8 Å². The summed E-state index contributed by atoms with van der Waals surface area (Å²) in [7, 11) is 0. The Morgan fingerprint density at radius 3 is 2.53 bits per heavy atom. The quantitative estimate of drug-likeness (QED) is 0.672. The van der Waals surface area contributed by atoms with E-state index in [1.165, 1.54) is 12.3 Å². The Morgan fingerprint density at radius 2 is 2.00 bits per heavy atom. The minimum absolute atomic E-state index is 0.0377. The van der Waals surface area contributed by atoms with Crippen LogP contribution in [-0.2, 0) is 4.79 Å². The second-order valence-electron chi connectivity index (χ2n) is 3.94. The topological polar surface area (TPSA) is 114 Å². The van der Waals surface area contributed by atoms with Gasteiger partial charge in [0.1, 0.15) is 5.82 Å². The maximum absolute atomic E-state index is 11.8. The largest absolute Gasteiger partial charge is 0.397 e. The van der Waals surface area contributed by atoms with Crippen LogP contribution in [0.4, 0.5) is 11.5 Å². The number of anilines is 2. The van der Waals surface area contributed by atoms with Gasteiger partial charge in [-0.3, -0.25) is 9.59 Å². The van der Waals surface area contributed by atoms with Crippen LogP contribution in [0.5, 0.6) is 0 Å². The summed E-state index contributed by atoms with van der Waals surface area (Å²) < 4.78 is 0. The molecule has 0 aliphatic carbocycles. The van der Waals surface area contributed by atoms with E-state index >= 15 is 0 Å². The molecule has 0 spiro atoms. The summed E-state index contributed by atoms with van der Waals surface area (Å²) in [5.41, 5.74) is 11.2. The molecule has 0 saturated carbocycles. The van der Waals surface area contributed by atoms with E-state index in [1.54, 1.807) is 4.90 Å². The molecule has 0 aliphatic heterocycles. The standard InChI is InChI=1S/C12H19N5O2/c1-3-17(4-2)11(18)7-16-10-5-8(12(14)19)9(13)6-15-10/h5-6H,3-4,7,13H2,1-2H3,(H2,14,19)(H,15,16). The maximum atomic E-state index is 11.8. The van der Waals surface area contributed by atoms with Gasteiger partial charge in [0.15, 0.2) is 0 Å². The predicted octanol–water partition coefficient (Wildman–Crippen LogP) is 0.0430. The van der Waals surface area contributed by atoms with E-state index in [0.717, 1.165) is 0 Å². The molecular formula is C12H19N5O2. The van der Waals surface area contributed by atoms with Gasteiger partial charge in [-0.25, -0.2) is 4.98 Å². The Hall–Kier alpha value is -2.31. The zero-order chi connectivity index (χ0) is 14.4. The third-order valence-electron chi connectivity index (χ3n) is 2.74. The summed E-state index contributed by atoms with van der Waals surface area (Å²) in [6, 6.07) is 1.44. The Morgan fingerprint density at radius 1 is 1.37 bits per heavy atom. The smallest absolute Gasteiger partial charge is 0.250 e. The third kappa shape index (κ3) is 3.84. The summed E-state index contributed by atoms with van der Waals surface area (Å²) in [6.07, 6.45) is 1.34. The first-order valence-corrected chi connectivity index (χ1v) is 6.06. The van der Waals surface area contributed by atoms with Crippen molar-refractivity contribution >= 4 is 23.3 Å². The minimum Gasteiger partial charge on any atom is -0.397 e. The van der Waals surface area contributed by atoms with E-state index in [2.05, 4.69) is 10.3 Å². The molecule has 19 heavy (non-hydrogen) atoms. The number of likely N-dealkylation sites (N-methyl/N-ethyl adjacent to an activating group) is 1. The van der Waals surface area contributed by atoms with Crippen molar-refractivity contribution < 1.29 is 9.59 Å². The molecule has 5 N–H and O–H groups in total. The molecule has 7 nitrogen and oxygen atoms in total. The van der Waals surface area contributed by atoms with E-state index in [1.807, 2.05) is 13.8 Å². The molecule has 0 bridgehead atoms. The van der Waals surface area contributed by atoms with Crippen LogP contribution in [0.3, 0.4) is 0 Å². The van der Waals surface area contributed by atoms with E-state index in [4.69, 9.17) is 11.5 Å². The van der Waals surface area contributed by atoms with Crippen LogP contribution in [0.25, 0.3) is 0 Å². The molecule has 1 aromatic rings. The molecule has 104 valence electrons. The van der Waals surface area contributed by atoms with Crippen LogP contribution >= 0.6 is 0 Å². The second kappa shape index (κ2) is 6.58. The highest BCUT2D eigenvalue weighted by molar-refractivity contribution is 5.98. The van der Waals surface area contributed by atoms with Gasteiger partial charge < -0.3 is 21.7 Å². The molecule has 0 fully saturated rings. The van der Waals surface area contributed by atoms with Crippen LogP contribution in [0.15, 0.2) is 12.3 Å². The highest BCUT2D eigenvalue weighted by atomic mass is 16.2.